The summed E-state index contributed by atoms with van der Waals surface area (Å²) in [6.07, 6.45) is 1.95. The Balaban J connectivity index is 1.47. The first-order valence-corrected chi connectivity index (χ1v) is 13.9. The Labute approximate surface area is 232 Å². The molecule has 2 atom stereocenters. The fourth-order valence-electron chi connectivity index (χ4n) is 5.63. The molecule has 0 amide bonds. The number of benzene rings is 3. The van der Waals surface area contributed by atoms with E-state index in [-0.39, 0.29) is 46.4 Å². The third-order valence-electron chi connectivity index (χ3n) is 8.75. The maximum absolute atomic E-state index is 11.2. The monoisotopic (exact) mass is 526 g/mol. The van der Waals surface area contributed by atoms with Gasteiger partial charge in [0.15, 0.2) is 0 Å². The molecule has 2 aliphatic heterocycles. The molecule has 0 radical (unpaired) electrons. The molecule has 7 heteroatoms. The van der Waals surface area contributed by atoms with Crippen molar-refractivity contribution < 1.29 is 14.2 Å². The SMILES string of the molecule is CC(C)(C)c1ccc(N2C(c3ccc(B4OC(C)(C)C(C)(C)O4)cc3)CCC2c2ccc([N+](=O)[O-])cc2)cc1. The van der Waals surface area contributed by atoms with Crippen LogP contribution in [-0.4, -0.2) is 23.2 Å². The van der Waals surface area contributed by atoms with E-state index >= 15 is 0 Å². The van der Waals surface area contributed by atoms with E-state index in [1.807, 2.05) is 12.1 Å². The second-order valence-electron chi connectivity index (χ2n) is 12.9. The summed E-state index contributed by atoms with van der Waals surface area (Å²) in [5.74, 6) is 0. The molecular formula is C32H39BN2O4. The highest BCUT2D eigenvalue weighted by molar-refractivity contribution is 6.62. The number of hydrogen-bond acceptors (Lipinski definition) is 5. The van der Waals surface area contributed by atoms with Crippen molar-refractivity contribution in [2.75, 3.05) is 4.90 Å². The van der Waals surface area contributed by atoms with E-state index in [0.29, 0.717) is 0 Å². The Hall–Kier alpha value is -3.16. The number of non-ortho nitro benzene ring substituents is 1. The van der Waals surface area contributed by atoms with Gasteiger partial charge in [0.05, 0.1) is 28.2 Å². The molecule has 2 saturated heterocycles. The van der Waals surface area contributed by atoms with Crippen LogP contribution in [0.5, 0.6) is 0 Å². The Morgan fingerprint density at radius 3 is 1.69 bits per heavy atom. The molecule has 204 valence electrons. The molecule has 0 spiro atoms. The topological polar surface area (TPSA) is 64.8 Å². The van der Waals surface area contributed by atoms with Crippen molar-refractivity contribution >= 4 is 24.0 Å². The van der Waals surface area contributed by atoms with Gasteiger partial charge in [-0.25, -0.2) is 0 Å². The maximum Gasteiger partial charge on any atom is 0.494 e. The predicted octanol–water partition coefficient (Wildman–Crippen LogP) is 7.27. The lowest BCUT2D eigenvalue weighted by Crippen LogP contribution is -2.41. The molecule has 2 heterocycles. The first-order chi connectivity index (χ1) is 18.3. The Bertz CT molecular complexity index is 1310. The zero-order valence-electron chi connectivity index (χ0n) is 24.1. The average Bonchev–Trinajstić information content (AvgIpc) is 3.41. The highest BCUT2D eigenvalue weighted by Gasteiger charge is 2.51. The third kappa shape index (κ3) is 5.22. The number of nitrogens with zero attached hydrogens (tertiary/aromatic N) is 2. The number of nitro benzene ring substituents is 1. The smallest absolute Gasteiger partial charge is 0.399 e. The minimum absolute atomic E-state index is 0.0735. The van der Waals surface area contributed by atoms with Gasteiger partial charge in [-0.1, -0.05) is 69.3 Å². The molecule has 0 saturated carbocycles. The third-order valence-corrected chi connectivity index (χ3v) is 8.75. The van der Waals surface area contributed by atoms with E-state index < -0.39 is 0 Å². The van der Waals surface area contributed by atoms with Crippen molar-refractivity contribution in [2.45, 2.75) is 90.0 Å². The first-order valence-electron chi connectivity index (χ1n) is 13.9. The van der Waals surface area contributed by atoms with Crippen LogP contribution in [-0.2, 0) is 14.7 Å². The van der Waals surface area contributed by atoms with E-state index in [2.05, 4.69) is 102 Å². The molecule has 5 rings (SSSR count). The number of hydrogen-bond donors (Lipinski definition) is 0. The van der Waals surface area contributed by atoms with Crippen LogP contribution in [0.3, 0.4) is 0 Å². The highest BCUT2D eigenvalue weighted by Crippen LogP contribution is 2.47. The van der Waals surface area contributed by atoms with Gasteiger partial charge in [-0.3, -0.25) is 10.1 Å². The van der Waals surface area contributed by atoms with Gasteiger partial charge in [-0.05, 0) is 80.2 Å². The molecule has 0 aromatic heterocycles. The molecule has 2 aliphatic rings. The van der Waals surface area contributed by atoms with Crippen molar-refractivity contribution in [1.29, 1.82) is 0 Å². The molecule has 3 aromatic carbocycles. The van der Waals surface area contributed by atoms with Crippen LogP contribution in [0.2, 0.25) is 0 Å². The average molecular weight is 526 g/mol. The van der Waals surface area contributed by atoms with Crippen molar-refractivity contribution in [1.82, 2.24) is 0 Å². The summed E-state index contributed by atoms with van der Waals surface area (Å²) in [4.78, 5) is 13.4. The van der Waals surface area contributed by atoms with E-state index in [1.54, 1.807) is 12.1 Å². The number of anilines is 1. The summed E-state index contributed by atoms with van der Waals surface area (Å²) in [6.45, 7) is 15.0. The van der Waals surface area contributed by atoms with E-state index in [9.17, 15) is 10.1 Å². The molecule has 2 unspecified atom stereocenters. The van der Waals surface area contributed by atoms with Crippen LogP contribution in [0, 0.1) is 10.1 Å². The van der Waals surface area contributed by atoms with Gasteiger partial charge < -0.3 is 14.2 Å². The molecule has 39 heavy (non-hydrogen) atoms. The maximum atomic E-state index is 11.2. The zero-order chi connectivity index (χ0) is 28.2. The summed E-state index contributed by atoms with van der Waals surface area (Å²) in [7, 11) is -0.387. The summed E-state index contributed by atoms with van der Waals surface area (Å²) in [5, 5.41) is 11.2. The summed E-state index contributed by atoms with van der Waals surface area (Å²) < 4.78 is 12.5. The second-order valence-corrected chi connectivity index (χ2v) is 12.9. The van der Waals surface area contributed by atoms with Gasteiger partial charge >= 0.3 is 7.12 Å². The molecular weight excluding hydrogens is 487 g/mol. The fourth-order valence-corrected chi connectivity index (χ4v) is 5.63. The Kier molecular flexibility index (Phi) is 6.88. The van der Waals surface area contributed by atoms with Gasteiger partial charge in [0.2, 0.25) is 0 Å². The molecule has 0 aliphatic carbocycles. The van der Waals surface area contributed by atoms with Crippen molar-refractivity contribution in [3.05, 3.63) is 99.6 Å². The minimum Gasteiger partial charge on any atom is -0.399 e. The van der Waals surface area contributed by atoms with Crippen LogP contribution >= 0.6 is 0 Å². The van der Waals surface area contributed by atoms with Gasteiger partial charge in [0, 0.05) is 17.8 Å². The number of rotatable bonds is 5. The van der Waals surface area contributed by atoms with Crippen LogP contribution in [0.25, 0.3) is 0 Å². The molecule has 0 bridgehead atoms. The Morgan fingerprint density at radius 2 is 1.26 bits per heavy atom. The molecule has 0 N–H and O–H groups in total. The van der Waals surface area contributed by atoms with Gasteiger partial charge in [0.1, 0.15) is 0 Å². The number of nitro groups is 1. The standard InChI is InChI=1S/C32H39BN2O4/c1-30(2,3)24-12-18-26(19-13-24)34-28(20-21-29(34)23-10-16-27(17-11-23)35(36)37)22-8-14-25(15-9-22)33-38-31(4,5)32(6,7)39-33/h8-19,28-29H,20-21H2,1-7H3. The summed E-state index contributed by atoms with van der Waals surface area (Å²) >= 11 is 0. The minimum atomic E-state index is -0.387. The lowest BCUT2D eigenvalue weighted by Gasteiger charge is -2.34. The molecule has 6 nitrogen and oxygen atoms in total. The second kappa shape index (κ2) is 9.79. The van der Waals surface area contributed by atoms with E-state index in [1.165, 1.54) is 11.1 Å². The van der Waals surface area contributed by atoms with Gasteiger partial charge in [-0.15, -0.1) is 0 Å². The first kappa shape index (κ1) is 27.4. The largest absolute Gasteiger partial charge is 0.494 e. The zero-order valence-corrected chi connectivity index (χ0v) is 24.1. The van der Waals surface area contributed by atoms with E-state index in [4.69, 9.17) is 9.31 Å². The summed E-state index contributed by atoms with van der Waals surface area (Å²) in [5.41, 5.74) is 5.23. The van der Waals surface area contributed by atoms with Crippen molar-refractivity contribution in [3.8, 4) is 0 Å². The van der Waals surface area contributed by atoms with Crippen LogP contribution < -0.4 is 10.4 Å². The van der Waals surface area contributed by atoms with Crippen LogP contribution in [0.15, 0.2) is 72.8 Å². The highest BCUT2D eigenvalue weighted by atomic mass is 16.7. The Morgan fingerprint density at radius 1 is 0.795 bits per heavy atom. The molecule has 3 aromatic rings. The van der Waals surface area contributed by atoms with Gasteiger partial charge in [0.25, 0.3) is 5.69 Å². The predicted molar refractivity (Wildman–Crippen MR) is 158 cm³/mol. The quantitative estimate of drug-likeness (QED) is 0.199. The van der Waals surface area contributed by atoms with Crippen LogP contribution in [0.4, 0.5) is 11.4 Å². The van der Waals surface area contributed by atoms with Crippen molar-refractivity contribution in [2.24, 2.45) is 0 Å². The lowest BCUT2D eigenvalue weighted by atomic mass is 9.78. The molecule has 2 fully saturated rings. The van der Waals surface area contributed by atoms with E-state index in [0.717, 1.165) is 29.6 Å². The van der Waals surface area contributed by atoms with Crippen LogP contribution in [0.1, 0.15) is 90.1 Å². The fraction of sp³-hybridized carbons (Fsp3) is 0.438. The normalized spacial score (nSPS) is 22.3. The van der Waals surface area contributed by atoms with Gasteiger partial charge in [-0.2, -0.15) is 0 Å². The lowest BCUT2D eigenvalue weighted by molar-refractivity contribution is -0.384. The summed E-state index contributed by atoms with van der Waals surface area (Å²) in [6, 6.07) is 24.9. The van der Waals surface area contributed by atoms with Crippen molar-refractivity contribution in [3.63, 3.8) is 0 Å².